The van der Waals surface area contributed by atoms with Crippen LogP contribution >= 0.6 is 0 Å². The fourth-order valence-corrected chi connectivity index (χ4v) is 5.59. The highest BCUT2D eigenvalue weighted by atomic mass is 16.5. The first-order valence-corrected chi connectivity index (χ1v) is 13.7. The molecule has 0 aromatic heterocycles. The smallest absolute Gasteiger partial charge is 0.305 e. The number of hydrogen-bond acceptors (Lipinski definition) is 7. The lowest BCUT2D eigenvalue weighted by Crippen LogP contribution is -2.46. The van der Waals surface area contributed by atoms with Gasteiger partial charge in [0.05, 0.1) is 32.6 Å². The molecular formula is C31H38N2O7. The molecule has 0 unspecified atom stereocenters. The summed E-state index contributed by atoms with van der Waals surface area (Å²) < 4.78 is 10.1. The van der Waals surface area contributed by atoms with Gasteiger partial charge >= 0.3 is 5.97 Å². The summed E-state index contributed by atoms with van der Waals surface area (Å²) in [6.07, 6.45) is 5.43. The van der Waals surface area contributed by atoms with Crippen molar-refractivity contribution in [3.8, 4) is 5.75 Å². The zero-order valence-corrected chi connectivity index (χ0v) is 23.3. The standard InChI is InChI=1S/C31H38N2O7/c1-21(9-8-12-28(35)33-19-23-11-5-4-10-22(23)17-24(33)20-34)31(38)26-18-25(39-2)14-15-27(26)32(30(31)37)16-7-6-13-29(36)40-3/h4-5,8-11,14-15,18,21,24,34,38H,6-7,12-13,16-17,19-20H2,1-3H3/b9-8+/t21-,24-,31+/m0/s1. The first-order valence-electron chi connectivity index (χ1n) is 13.7. The van der Waals surface area contributed by atoms with Crippen molar-refractivity contribution in [2.24, 2.45) is 5.92 Å². The van der Waals surface area contributed by atoms with Gasteiger partial charge in [0.25, 0.3) is 5.91 Å². The number of unbranched alkanes of at least 4 members (excludes halogenated alkanes) is 1. The van der Waals surface area contributed by atoms with E-state index in [1.807, 2.05) is 24.3 Å². The minimum atomic E-state index is -1.84. The molecule has 9 heteroatoms. The van der Waals surface area contributed by atoms with Crippen molar-refractivity contribution in [3.63, 3.8) is 0 Å². The van der Waals surface area contributed by atoms with Crippen LogP contribution < -0.4 is 9.64 Å². The van der Waals surface area contributed by atoms with Crippen LogP contribution in [0.2, 0.25) is 0 Å². The van der Waals surface area contributed by atoms with Crippen molar-refractivity contribution in [2.75, 3.05) is 32.3 Å². The number of aliphatic hydroxyl groups is 2. The maximum Gasteiger partial charge on any atom is 0.305 e. The summed E-state index contributed by atoms with van der Waals surface area (Å²) in [4.78, 5) is 41.5. The van der Waals surface area contributed by atoms with Gasteiger partial charge in [-0.2, -0.15) is 0 Å². The van der Waals surface area contributed by atoms with Crippen LogP contribution in [-0.2, 0) is 37.7 Å². The number of aliphatic hydroxyl groups excluding tert-OH is 1. The van der Waals surface area contributed by atoms with E-state index in [9.17, 15) is 24.6 Å². The molecule has 0 saturated carbocycles. The third kappa shape index (κ3) is 5.76. The molecule has 2 N–H and O–H groups in total. The number of benzene rings is 2. The summed E-state index contributed by atoms with van der Waals surface area (Å²) in [7, 11) is 2.87. The van der Waals surface area contributed by atoms with Crippen LogP contribution in [0.5, 0.6) is 5.75 Å². The lowest BCUT2D eigenvalue weighted by molar-refractivity contribution is -0.140. The molecule has 0 saturated heterocycles. The van der Waals surface area contributed by atoms with E-state index in [-0.39, 0.29) is 37.4 Å². The SMILES string of the molecule is COC(=O)CCCCN1C(=O)[C@@](O)([C@@H](C)/C=C/CC(=O)N2Cc3ccccc3C[C@H]2CO)c2cc(OC)ccc21. The van der Waals surface area contributed by atoms with Crippen molar-refractivity contribution in [1.82, 2.24) is 4.90 Å². The number of hydrogen-bond donors (Lipinski definition) is 2. The summed E-state index contributed by atoms with van der Waals surface area (Å²) >= 11 is 0. The Hall–Kier alpha value is -3.69. The van der Waals surface area contributed by atoms with Crippen molar-refractivity contribution in [2.45, 2.75) is 57.2 Å². The highest BCUT2D eigenvalue weighted by Gasteiger charge is 2.52. The van der Waals surface area contributed by atoms with E-state index in [0.717, 1.165) is 11.1 Å². The third-order valence-electron chi connectivity index (χ3n) is 7.98. The maximum atomic E-state index is 13.7. The van der Waals surface area contributed by atoms with Gasteiger partial charge in [-0.25, -0.2) is 0 Å². The van der Waals surface area contributed by atoms with Gasteiger partial charge in [-0.3, -0.25) is 14.4 Å². The minimum absolute atomic E-state index is 0.0789. The van der Waals surface area contributed by atoms with E-state index in [1.54, 1.807) is 47.1 Å². The number of nitrogens with zero attached hydrogens (tertiary/aromatic N) is 2. The minimum Gasteiger partial charge on any atom is -0.497 e. The van der Waals surface area contributed by atoms with E-state index in [4.69, 9.17) is 9.47 Å². The number of carbonyl (C=O) groups is 3. The molecule has 2 aromatic rings. The molecule has 4 rings (SSSR count). The van der Waals surface area contributed by atoms with E-state index >= 15 is 0 Å². The fraction of sp³-hybridized carbons (Fsp3) is 0.452. The Labute approximate surface area is 235 Å². The van der Waals surface area contributed by atoms with Gasteiger partial charge in [-0.1, -0.05) is 43.3 Å². The summed E-state index contributed by atoms with van der Waals surface area (Å²) in [6.45, 7) is 2.40. The van der Waals surface area contributed by atoms with E-state index in [1.165, 1.54) is 14.2 Å². The van der Waals surface area contributed by atoms with Crippen molar-refractivity contribution >= 4 is 23.5 Å². The molecule has 214 valence electrons. The lowest BCUT2D eigenvalue weighted by atomic mass is 9.82. The zero-order chi connectivity index (χ0) is 28.9. The summed E-state index contributed by atoms with van der Waals surface area (Å²) in [6, 6.07) is 12.8. The van der Waals surface area contributed by atoms with Crippen LogP contribution in [0.1, 0.15) is 49.3 Å². The van der Waals surface area contributed by atoms with Crippen LogP contribution in [0.4, 0.5) is 5.69 Å². The van der Waals surface area contributed by atoms with Gasteiger partial charge in [0, 0.05) is 37.4 Å². The molecule has 3 atom stereocenters. The molecule has 0 bridgehead atoms. The van der Waals surface area contributed by atoms with Gasteiger partial charge in [0.1, 0.15) is 5.75 Å². The highest BCUT2D eigenvalue weighted by molar-refractivity contribution is 6.07. The number of carbonyl (C=O) groups excluding carboxylic acids is 3. The average molecular weight is 551 g/mol. The van der Waals surface area contributed by atoms with Crippen LogP contribution in [0, 0.1) is 5.92 Å². The number of esters is 1. The van der Waals surface area contributed by atoms with Crippen LogP contribution in [-0.4, -0.2) is 66.3 Å². The Morgan fingerprint density at radius 3 is 2.60 bits per heavy atom. The second-order valence-corrected chi connectivity index (χ2v) is 10.4. The highest BCUT2D eigenvalue weighted by Crippen LogP contribution is 2.46. The molecule has 0 aliphatic carbocycles. The average Bonchev–Trinajstić information content (AvgIpc) is 3.20. The van der Waals surface area contributed by atoms with Crippen LogP contribution in [0.25, 0.3) is 0 Å². The molecule has 9 nitrogen and oxygen atoms in total. The molecule has 0 radical (unpaired) electrons. The summed E-state index contributed by atoms with van der Waals surface area (Å²) in [5.74, 6) is -1.01. The molecule has 2 aliphatic rings. The van der Waals surface area contributed by atoms with Gasteiger partial charge < -0.3 is 29.5 Å². The number of rotatable bonds is 11. The molecule has 2 amide bonds. The molecule has 40 heavy (non-hydrogen) atoms. The molecule has 2 aliphatic heterocycles. The Kier molecular flexibility index (Phi) is 9.27. The largest absolute Gasteiger partial charge is 0.497 e. The van der Waals surface area contributed by atoms with Gasteiger partial charge in [0.15, 0.2) is 5.60 Å². The van der Waals surface area contributed by atoms with E-state index in [0.29, 0.717) is 49.4 Å². The second kappa shape index (κ2) is 12.7. The van der Waals surface area contributed by atoms with Crippen molar-refractivity contribution in [3.05, 3.63) is 71.3 Å². The molecule has 2 aromatic carbocycles. The first kappa shape index (κ1) is 29.3. The zero-order valence-electron chi connectivity index (χ0n) is 23.3. The predicted molar refractivity (Wildman–Crippen MR) is 150 cm³/mol. The number of methoxy groups -OCH3 is 2. The summed E-state index contributed by atoms with van der Waals surface area (Å²) in [5.41, 5.74) is 1.41. The lowest BCUT2D eigenvalue weighted by Gasteiger charge is -2.36. The molecular weight excluding hydrogens is 512 g/mol. The predicted octanol–water partition coefficient (Wildman–Crippen LogP) is 3.10. The van der Waals surface area contributed by atoms with Gasteiger partial charge in [-0.15, -0.1) is 0 Å². The number of amides is 2. The topological polar surface area (TPSA) is 117 Å². The monoisotopic (exact) mass is 550 g/mol. The van der Waals surface area contributed by atoms with Crippen molar-refractivity contribution < 1.29 is 34.1 Å². The van der Waals surface area contributed by atoms with E-state index < -0.39 is 17.4 Å². The second-order valence-electron chi connectivity index (χ2n) is 10.4. The Bertz CT molecular complexity index is 1280. The normalized spacial score (nSPS) is 20.8. The third-order valence-corrected chi connectivity index (χ3v) is 7.98. The number of fused-ring (bicyclic) bond motifs is 2. The van der Waals surface area contributed by atoms with Crippen LogP contribution in [0.3, 0.4) is 0 Å². The summed E-state index contributed by atoms with van der Waals surface area (Å²) in [5, 5.41) is 21.8. The first-order chi connectivity index (χ1) is 19.2. The van der Waals surface area contributed by atoms with Crippen LogP contribution in [0.15, 0.2) is 54.6 Å². The van der Waals surface area contributed by atoms with Gasteiger partial charge in [-0.05, 0) is 48.6 Å². The van der Waals surface area contributed by atoms with E-state index in [2.05, 4.69) is 0 Å². The quantitative estimate of drug-likeness (QED) is 0.251. The maximum absolute atomic E-state index is 13.7. The Morgan fingerprint density at radius 2 is 1.90 bits per heavy atom. The molecule has 0 fully saturated rings. The Morgan fingerprint density at radius 1 is 1.15 bits per heavy atom. The van der Waals surface area contributed by atoms with Crippen molar-refractivity contribution in [1.29, 1.82) is 0 Å². The number of anilines is 1. The Balaban J connectivity index is 1.48. The number of ether oxygens (including phenoxy) is 2. The molecule has 0 spiro atoms. The van der Waals surface area contributed by atoms with Gasteiger partial charge in [0.2, 0.25) is 5.91 Å². The molecule has 2 heterocycles. The fourth-order valence-electron chi connectivity index (χ4n) is 5.59.